The van der Waals surface area contributed by atoms with Crippen molar-refractivity contribution in [2.75, 3.05) is 44.2 Å². The van der Waals surface area contributed by atoms with Crippen LogP contribution in [0.3, 0.4) is 0 Å². The summed E-state index contributed by atoms with van der Waals surface area (Å²) in [4.78, 5) is 20.0. The highest BCUT2D eigenvalue weighted by Crippen LogP contribution is 2.27. The summed E-state index contributed by atoms with van der Waals surface area (Å²) < 4.78 is 1.49. The topological polar surface area (TPSA) is 44.6 Å². The first kappa shape index (κ1) is 21.7. The minimum atomic E-state index is -0.0393. The number of hydrogen-bond donors (Lipinski definition) is 0. The van der Waals surface area contributed by atoms with E-state index in [1.165, 1.54) is 39.9 Å². The summed E-state index contributed by atoms with van der Waals surface area (Å²) in [5, 5.41) is 4.37. The fourth-order valence-corrected chi connectivity index (χ4v) is 5.01. The second kappa shape index (κ2) is 9.40. The third-order valence-corrected chi connectivity index (χ3v) is 6.96. The second-order valence-electron chi connectivity index (χ2n) is 9.36. The molecule has 6 nitrogen and oxygen atoms in total. The quantitative estimate of drug-likeness (QED) is 0.593. The normalized spacial score (nSPS) is 17.0. The van der Waals surface area contributed by atoms with Crippen LogP contribution >= 0.6 is 0 Å². The fraction of sp³-hybridized carbons (Fsp3) is 0.407. The smallest absolute Gasteiger partial charge is 0.344 e. The maximum Gasteiger partial charge on any atom is 0.344 e. The molecule has 5 rings (SSSR count). The van der Waals surface area contributed by atoms with Gasteiger partial charge < -0.3 is 9.80 Å². The number of piperazine rings is 1. The van der Waals surface area contributed by atoms with E-state index in [-0.39, 0.29) is 6.03 Å². The lowest BCUT2D eigenvalue weighted by Gasteiger charge is -2.35. The van der Waals surface area contributed by atoms with Crippen LogP contribution in [0.15, 0.2) is 54.9 Å². The van der Waals surface area contributed by atoms with Crippen molar-refractivity contribution < 1.29 is 4.79 Å². The number of aromatic nitrogens is 2. The van der Waals surface area contributed by atoms with Gasteiger partial charge in [-0.2, -0.15) is 9.78 Å². The number of benzene rings is 2. The van der Waals surface area contributed by atoms with Crippen LogP contribution in [0, 0.1) is 13.8 Å². The molecule has 0 unspecified atom stereocenters. The van der Waals surface area contributed by atoms with Gasteiger partial charge in [0.1, 0.15) is 0 Å². The van der Waals surface area contributed by atoms with Gasteiger partial charge >= 0.3 is 6.03 Å². The Hall–Kier alpha value is -3.12. The molecule has 3 heterocycles. The zero-order chi connectivity index (χ0) is 22.8. The van der Waals surface area contributed by atoms with Crippen LogP contribution in [-0.4, -0.2) is 64.9 Å². The molecule has 172 valence electrons. The minimum absolute atomic E-state index is 0.0393. The zero-order valence-corrected chi connectivity index (χ0v) is 19.7. The molecule has 2 fully saturated rings. The summed E-state index contributed by atoms with van der Waals surface area (Å²) >= 11 is 0. The molecule has 2 saturated heterocycles. The number of anilines is 1. The van der Waals surface area contributed by atoms with Crippen molar-refractivity contribution in [3.63, 3.8) is 0 Å². The number of amides is 1. The first-order valence-corrected chi connectivity index (χ1v) is 12.1. The molecular weight excluding hydrogens is 410 g/mol. The molecule has 0 spiro atoms. The lowest BCUT2D eigenvalue weighted by Crippen LogP contribution is -2.49. The number of hydrogen-bond acceptors (Lipinski definition) is 4. The summed E-state index contributed by atoms with van der Waals surface area (Å²) in [6.45, 7) is 10.7. The van der Waals surface area contributed by atoms with Gasteiger partial charge in [0.25, 0.3) is 0 Å². The third-order valence-electron chi connectivity index (χ3n) is 6.96. The maximum absolute atomic E-state index is 13.1. The molecule has 2 aliphatic rings. The van der Waals surface area contributed by atoms with Crippen LogP contribution < -0.4 is 4.90 Å². The van der Waals surface area contributed by atoms with E-state index in [1.54, 1.807) is 6.20 Å². The summed E-state index contributed by atoms with van der Waals surface area (Å²) in [5.41, 5.74) is 7.40. The average molecular weight is 444 g/mol. The summed E-state index contributed by atoms with van der Waals surface area (Å²) in [6, 6.07) is 15.0. The van der Waals surface area contributed by atoms with E-state index < -0.39 is 0 Å². The molecule has 2 aromatic carbocycles. The van der Waals surface area contributed by atoms with Gasteiger partial charge in [-0.1, -0.05) is 36.4 Å². The van der Waals surface area contributed by atoms with Crippen molar-refractivity contribution in [2.24, 2.45) is 0 Å². The Morgan fingerprint density at radius 3 is 2.45 bits per heavy atom. The molecule has 0 bridgehead atoms. The molecule has 1 amide bonds. The fourth-order valence-electron chi connectivity index (χ4n) is 5.01. The van der Waals surface area contributed by atoms with Gasteiger partial charge in [-0.3, -0.25) is 4.90 Å². The van der Waals surface area contributed by atoms with Gasteiger partial charge in [0.05, 0.1) is 6.20 Å². The van der Waals surface area contributed by atoms with E-state index in [9.17, 15) is 4.79 Å². The van der Waals surface area contributed by atoms with Crippen molar-refractivity contribution in [1.82, 2.24) is 19.6 Å². The highest BCUT2D eigenvalue weighted by Gasteiger charge is 2.24. The first-order chi connectivity index (χ1) is 16.1. The number of rotatable bonds is 4. The lowest BCUT2D eigenvalue weighted by molar-refractivity contribution is 0.134. The molecule has 0 atom stereocenters. The van der Waals surface area contributed by atoms with Crippen molar-refractivity contribution in [3.05, 3.63) is 71.5 Å². The molecule has 6 heteroatoms. The van der Waals surface area contributed by atoms with E-state index in [1.807, 2.05) is 23.2 Å². The van der Waals surface area contributed by atoms with E-state index in [2.05, 4.69) is 59.1 Å². The Morgan fingerprint density at radius 2 is 1.70 bits per heavy atom. The Labute approximate surface area is 196 Å². The molecule has 1 aromatic heterocycles. The maximum atomic E-state index is 13.1. The third kappa shape index (κ3) is 4.67. The highest BCUT2D eigenvalue weighted by molar-refractivity contribution is 5.78. The van der Waals surface area contributed by atoms with Gasteiger partial charge in [0, 0.05) is 63.3 Å². The first-order valence-electron chi connectivity index (χ1n) is 12.1. The van der Waals surface area contributed by atoms with Gasteiger partial charge in [0.15, 0.2) is 0 Å². The number of aryl methyl sites for hydroxylation is 2. The monoisotopic (exact) mass is 443 g/mol. The van der Waals surface area contributed by atoms with Crippen LogP contribution in [0.4, 0.5) is 10.5 Å². The van der Waals surface area contributed by atoms with Crippen molar-refractivity contribution in [3.8, 4) is 11.1 Å². The number of carbonyl (C=O) groups excluding carboxylic acids is 1. The van der Waals surface area contributed by atoms with Crippen LogP contribution in [0.5, 0.6) is 0 Å². The minimum Gasteiger partial charge on any atom is -0.371 e. The Balaban J connectivity index is 1.22. The Kier molecular flexibility index (Phi) is 6.18. The molecular formula is C27H33N5O. The zero-order valence-electron chi connectivity index (χ0n) is 19.7. The molecule has 0 saturated carbocycles. The van der Waals surface area contributed by atoms with Crippen LogP contribution in [-0.2, 0) is 6.54 Å². The van der Waals surface area contributed by atoms with Crippen LogP contribution in [0.1, 0.15) is 29.5 Å². The predicted molar refractivity (Wildman–Crippen MR) is 133 cm³/mol. The van der Waals surface area contributed by atoms with Gasteiger partial charge in [-0.05, 0) is 55.0 Å². The summed E-state index contributed by atoms with van der Waals surface area (Å²) in [6.07, 6.45) is 6.21. The summed E-state index contributed by atoms with van der Waals surface area (Å²) in [5.74, 6) is 0. The van der Waals surface area contributed by atoms with Crippen LogP contribution in [0.25, 0.3) is 11.1 Å². The molecule has 3 aromatic rings. The molecule has 2 aliphatic heterocycles. The largest absolute Gasteiger partial charge is 0.371 e. The molecule has 33 heavy (non-hydrogen) atoms. The summed E-state index contributed by atoms with van der Waals surface area (Å²) in [7, 11) is 0. The molecule has 0 aliphatic carbocycles. The van der Waals surface area contributed by atoms with Gasteiger partial charge in [-0.25, -0.2) is 4.79 Å². The van der Waals surface area contributed by atoms with Gasteiger partial charge in [-0.15, -0.1) is 0 Å². The Morgan fingerprint density at radius 1 is 0.939 bits per heavy atom. The molecule has 0 N–H and O–H groups in total. The number of carbonyl (C=O) groups is 1. The Bertz CT molecular complexity index is 1120. The van der Waals surface area contributed by atoms with Crippen molar-refractivity contribution >= 4 is 11.7 Å². The van der Waals surface area contributed by atoms with E-state index in [0.717, 1.165) is 56.9 Å². The second-order valence-corrected chi connectivity index (χ2v) is 9.36. The highest BCUT2D eigenvalue weighted by atomic mass is 16.2. The van der Waals surface area contributed by atoms with E-state index in [4.69, 9.17) is 0 Å². The van der Waals surface area contributed by atoms with Crippen molar-refractivity contribution in [1.29, 1.82) is 0 Å². The SMILES string of the molecule is Cc1ccc(CN2CCN(C(=O)n3cc(-c4ccccc4C)cn3)CC2)c(N2CCCC2)c1. The lowest BCUT2D eigenvalue weighted by atomic mass is 10.0. The predicted octanol–water partition coefficient (Wildman–Crippen LogP) is 4.55. The van der Waals surface area contributed by atoms with Crippen LogP contribution in [0.2, 0.25) is 0 Å². The van der Waals surface area contributed by atoms with E-state index in [0.29, 0.717) is 0 Å². The standard InChI is InChI=1S/C27H33N5O/c1-21-9-10-23(26(17-21)30-11-5-6-12-30)19-29-13-15-31(16-14-29)27(33)32-20-24(18-28-32)25-8-4-3-7-22(25)2/h3-4,7-10,17-18,20H,5-6,11-16,19H2,1-2H3. The molecule has 0 radical (unpaired) electrons. The van der Waals surface area contributed by atoms with Crippen molar-refractivity contribution in [2.45, 2.75) is 33.2 Å². The average Bonchev–Trinajstić information content (AvgIpc) is 3.53. The van der Waals surface area contributed by atoms with E-state index >= 15 is 0 Å². The van der Waals surface area contributed by atoms with Gasteiger partial charge in [0.2, 0.25) is 0 Å². The number of nitrogens with zero attached hydrogens (tertiary/aromatic N) is 5.